The average Bonchev–Trinajstić information content (AvgIpc) is 3.25. The Hall–Kier alpha value is -0.530. The minimum atomic E-state index is 0.516. The number of fused-ring (bicyclic) bond motifs is 4. The molecule has 0 aromatic carbocycles. The van der Waals surface area contributed by atoms with Crippen LogP contribution >= 0.6 is 0 Å². The van der Waals surface area contributed by atoms with E-state index in [1.54, 1.807) is 0 Å². The first-order chi connectivity index (χ1) is 11.6. The molecule has 0 saturated heterocycles. The van der Waals surface area contributed by atoms with Crippen molar-refractivity contribution in [2.75, 3.05) is 13.1 Å². The van der Waals surface area contributed by atoms with Crippen molar-refractivity contribution in [2.24, 2.45) is 33.5 Å². The summed E-state index contributed by atoms with van der Waals surface area (Å²) in [5, 5.41) is 0. The standard InChI is InChI=1S/C23H39N2/c1-20(2)16-7-9-22(20,5)18(13-16)24-11-12-25(15-24)19-14-17-8-10-23(19,6)21(17,3)4/h15-19H,7-14H2,1-6H3/q+1/t16-,17-,18+,19+,22+,23+/m1/s1. The number of nitrogens with zero attached hydrogens (tertiary/aromatic N) is 2. The van der Waals surface area contributed by atoms with Crippen molar-refractivity contribution in [3.05, 3.63) is 0 Å². The van der Waals surface area contributed by atoms with Crippen LogP contribution in [-0.2, 0) is 0 Å². The van der Waals surface area contributed by atoms with Gasteiger partial charge in [0.15, 0.2) is 0 Å². The van der Waals surface area contributed by atoms with Gasteiger partial charge in [0.25, 0.3) is 0 Å². The van der Waals surface area contributed by atoms with Gasteiger partial charge in [0.2, 0.25) is 6.34 Å². The van der Waals surface area contributed by atoms with Crippen LogP contribution in [-0.4, -0.2) is 41.0 Å². The molecule has 140 valence electrons. The lowest BCUT2D eigenvalue weighted by atomic mass is 9.69. The SMILES string of the molecule is CC1(C)[C@@H]2CC[C@@]1(C)[C@@H](N1C=[N+]([C@H]3C[C@H]4CC[C@]3(C)C4(C)C)CC1)C2. The minimum absolute atomic E-state index is 0.516. The average molecular weight is 344 g/mol. The van der Waals surface area contributed by atoms with Crippen LogP contribution < -0.4 is 0 Å². The van der Waals surface area contributed by atoms with Crippen molar-refractivity contribution >= 4 is 6.34 Å². The Bertz CT molecular complexity index is 632. The molecule has 4 bridgehead atoms. The van der Waals surface area contributed by atoms with E-state index < -0.39 is 0 Å². The largest absolute Gasteiger partial charge is 0.261 e. The molecule has 4 saturated carbocycles. The Morgan fingerprint density at radius 3 is 1.92 bits per heavy atom. The number of hydrogen-bond donors (Lipinski definition) is 0. The van der Waals surface area contributed by atoms with Crippen LogP contribution in [0.15, 0.2) is 0 Å². The van der Waals surface area contributed by atoms with Gasteiger partial charge in [-0.05, 0) is 61.2 Å². The Balaban J connectivity index is 1.41. The molecule has 25 heavy (non-hydrogen) atoms. The second kappa shape index (κ2) is 4.65. The molecule has 2 nitrogen and oxygen atoms in total. The Labute approximate surface area is 155 Å². The molecule has 1 heterocycles. The van der Waals surface area contributed by atoms with E-state index in [4.69, 9.17) is 0 Å². The van der Waals surface area contributed by atoms with Crippen LogP contribution in [0.25, 0.3) is 0 Å². The van der Waals surface area contributed by atoms with Crippen molar-refractivity contribution in [1.82, 2.24) is 4.90 Å². The Kier molecular flexibility index (Phi) is 3.09. The zero-order chi connectivity index (χ0) is 17.8. The Morgan fingerprint density at radius 1 is 0.840 bits per heavy atom. The molecule has 2 heteroatoms. The summed E-state index contributed by atoms with van der Waals surface area (Å²) in [7, 11) is 0. The molecule has 1 aliphatic heterocycles. The first-order valence-corrected chi connectivity index (χ1v) is 11.0. The summed E-state index contributed by atoms with van der Waals surface area (Å²) in [6, 6.07) is 1.57. The molecule has 0 amide bonds. The lowest BCUT2D eigenvalue weighted by molar-refractivity contribution is -0.571. The van der Waals surface area contributed by atoms with Gasteiger partial charge >= 0.3 is 0 Å². The van der Waals surface area contributed by atoms with Gasteiger partial charge in [-0.25, -0.2) is 0 Å². The highest BCUT2D eigenvalue weighted by Gasteiger charge is 2.66. The molecule has 0 radical (unpaired) electrons. The predicted octanol–water partition coefficient (Wildman–Crippen LogP) is 4.77. The summed E-state index contributed by atoms with van der Waals surface area (Å²) in [5.41, 5.74) is 2.09. The second-order valence-electron chi connectivity index (χ2n) is 11.8. The topological polar surface area (TPSA) is 6.25 Å². The molecule has 6 atom stereocenters. The van der Waals surface area contributed by atoms with E-state index >= 15 is 0 Å². The number of rotatable bonds is 2. The van der Waals surface area contributed by atoms with E-state index in [0.29, 0.717) is 21.7 Å². The van der Waals surface area contributed by atoms with Gasteiger partial charge in [-0.15, -0.1) is 0 Å². The monoisotopic (exact) mass is 343 g/mol. The highest BCUT2D eigenvalue weighted by atomic mass is 15.3. The fourth-order valence-electron chi connectivity index (χ4n) is 8.34. The maximum Gasteiger partial charge on any atom is 0.234 e. The van der Waals surface area contributed by atoms with Crippen LogP contribution in [0.3, 0.4) is 0 Å². The minimum Gasteiger partial charge on any atom is -0.261 e. The van der Waals surface area contributed by atoms with Crippen molar-refractivity contribution in [3.8, 4) is 0 Å². The fraction of sp³-hybridized carbons (Fsp3) is 0.957. The molecule has 4 fully saturated rings. The van der Waals surface area contributed by atoms with Crippen LogP contribution in [0.4, 0.5) is 0 Å². The van der Waals surface area contributed by atoms with Gasteiger partial charge < -0.3 is 0 Å². The van der Waals surface area contributed by atoms with Gasteiger partial charge in [-0.1, -0.05) is 41.5 Å². The van der Waals surface area contributed by atoms with Crippen molar-refractivity contribution in [2.45, 2.75) is 92.2 Å². The zero-order valence-corrected chi connectivity index (χ0v) is 17.4. The van der Waals surface area contributed by atoms with Gasteiger partial charge in [0.1, 0.15) is 25.2 Å². The summed E-state index contributed by atoms with van der Waals surface area (Å²) in [5.74, 6) is 1.90. The van der Waals surface area contributed by atoms with Crippen LogP contribution in [0, 0.1) is 33.5 Å². The van der Waals surface area contributed by atoms with Crippen molar-refractivity contribution in [3.63, 3.8) is 0 Å². The highest BCUT2D eigenvalue weighted by molar-refractivity contribution is 5.52. The Morgan fingerprint density at radius 2 is 1.44 bits per heavy atom. The molecule has 0 spiro atoms. The highest BCUT2D eigenvalue weighted by Crippen LogP contribution is 2.68. The molecular weight excluding hydrogens is 304 g/mol. The van der Waals surface area contributed by atoms with E-state index in [1.165, 1.54) is 51.6 Å². The normalized spacial score (nSPS) is 52.2. The quantitative estimate of drug-likeness (QED) is 0.654. The predicted molar refractivity (Wildman–Crippen MR) is 104 cm³/mol. The zero-order valence-electron chi connectivity index (χ0n) is 17.4. The molecule has 5 rings (SSSR count). The van der Waals surface area contributed by atoms with E-state index in [0.717, 1.165) is 23.9 Å². The molecule has 0 unspecified atom stereocenters. The van der Waals surface area contributed by atoms with Crippen molar-refractivity contribution < 1.29 is 4.58 Å². The lowest BCUT2D eigenvalue weighted by Crippen LogP contribution is -2.46. The van der Waals surface area contributed by atoms with Crippen LogP contribution in [0.1, 0.15) is 80.1 Å². The maximum absolute atomic E-state index is 2.78. The third kappa shape index (κ3) is 1.76. The maximum atomic E-state index is 2.78. The molecule has 0 aromatic heterocycles. The summed E-state index contributed by atoms with van der Waals surface area (Å²) >= 11 is 0. The van der Waals surface area contributed by atoms with Crippen LogP contribution in [0.5, 0.6) is 0 Å². The summed E-state index contributed by atoms with van der Waals surface area (Å²) in [6.07, 6.45) is 11.3. The van der Waals surface area contributed by atoms with E-state index in [1.807, 2.05) is 0 Å². The summed E-state index contributed by atoms with van der Waals surface area (Å²) < 4.78 is 2.78. The van der Waals surface area contributed by atoms with E-state index in [9.17, 15) is 0 Å². The van der Waals surface area contributed by atoms with E-state index in [2.05, 4.69) is 57.4 Å². The van der Waals surface area contributed by atoms with E-state index in [-0.39, 0.29) is 0 Å². The third-order valence-corrected chi connectivity index (χ3v) is 11.2. The first kappa shape index (κ1) is 16.6. The molecular formula is C23H39N2+. The summed E-state index contributed by atoms with van der Waals surface area (Å²) in [6.45, 7) is 17.9. The van der Waals surface area contributed by atoms with Crippen LogP contribution in [0.2, 0.25) is 0 Å². The first-order valence-electron chi connectivity index (χ1n) is 11.0. The third-order valence-electron chi connectivity index (χ3n) is 11.2. The van der Waals surface area contributed by atoms with Gasteiger partial charge in [-0.2, -0.15) is 0 Å². The fourth-order valence-corrected chi connectivity index (χ4v) is 8.34. The number of hydrogen-bond acceptors (Lipinski definition) is 1. The van der Waals surface area contributed by atoms with Gasteiger partial charge in [0, 0.05) is 10.8 Å². The molecule has 4 aliphatic carbocycles. The van der Waals surface area contributed by atoms with Gasteiger partial charge in [0.05, 0.1) is 0 Å². The van der Waals surface area contributed by atoms with Gasteiger partial charge in [-0.3, -0.25) is 9.48 Å². The lowest BCUT2D eigenvalue weighted by Gasteiger charge is -2.39. The summed E-state index contributed by atoms with van der Waals surface area (Å²) in [4.78, 5) is 2.78. The molecule has 0 aromatic rings. The molecule has 5 aliphatic rings. The second-order valence-corrected chi connectivity index (χ2v) is 11.8. The smallest absolute Gasteiger partial charge is 0.234 e. The van der Waals surface area contributed by atoms with Crippen molar-refractivity contribution in [1.29, 1.82) is 0 Å². The molecule has 0 N–H and O–H groups in total.